The molecule has 1 spiro atoms. The van der Waals surface area contributed by atoms with Crippen LogP contribution in [-0.2, 0) is 19.1 Å². The second kappa shape index (κ2) is 11.5. The van der Waals surface area contributed by atoms with Gasteiger partial charge < -0.3 is 24.5 Å². The summed E-state index contributed by atoms with van der Waals surface area (Å²) < 4.78 is 6.88. The molecule has 0 saturated carbocycles. The van der Waals surface area contributed by atoms with Gasteiger partial charge in [-0.3, -0.25) is 14.4 Å². The maximum Gasteiger partial charge on any atom is 0.248 e. The summed E-state index contributed by atoms with van der Waals surface area (Å²) in [4.78, 5) is 48.1. The van der Waals surface area contributed by atoms with Gasteiger partial charge in [0.05, 0.1) is 30.1 Å². The fourth-order valence-electron chi connectivity index (χ4n) is 7.31. The van der Waals surface area contributed by atoms with Crippen molar-refractivity contribution in [2.45, 2.75) is 97.1 Å². The molecule has 8 heteroatoms. The van der Waals surface area contributed by atoms with E-state index in [0.717, 1.165) is 6.42 Å². The van der Waals surface area contributed by atoms with E-state index in [1.807, 2.05) is 41.5 Å². The quantitative estimate of drug-likeness (QED) is 0.369. The highest BCUT2D eigenvalue weighted by Crippen LogP contribution is 2.66. The minimum absolute atomic E-state index is 0.0347. The molecule has 3 heterocycles. The van der Waals surface area contributed by atoms with Crippen LogP contribution in [0.4, 0.5) is 0 Å². The monoisotopic (exact) mass is 531 g/mol. The molecule has 3 amide bonds. The molecule has 1 N–H and O–H groups in total. The fraction of sp³-hybridized carbons (Fsp3) is 0.767. The molecule has 3 rings (SSSR count). The summed E-state index contributed by atoms with van der Waals surface area (Å²) in [5.41, 5.74) is -2.00. The van der Waals surface area contributed by atoms with Crippen molar-refractivity contribution in [2.75, 3.05) is 26.2 Å². The third kappa shape index (κ3) is 4.72. The third-order valence-electron chi connectivity index (χ3n) is 8.99. The van der Waals surface area contributed by atoms with Gasteiger partial charge >= 0.3 is 0 Å². The Bertz CT molecular complexity index is 935. The Kier molecular flexibility index (Phi) is 9.19. The molecule has 0 aliphatic carbocycles. The van der Waals surface area contributed by atoms with Crippen LogP contribution in [0.3, 0.4) is 0 Å². The number of rotatable bonds is 13. The van der Waals surface area contributed by atoms with Crippen LogP contribution in [0, 0.1) is 23.7 Å². The molecule has 214 valence electrons. The van der Waals surface area contributed by atoms with Crippen molar-refractivity contribution in [3.05, 3.63) is 25.3 Å². The lowest BCUT2D eigenvalue weighted by Gasteiger charge is -2.41. The smallest absolute Gasteiger partial charge is 0.248 e. The molecule has 2 bridgehead atoms. The predicted molar refractivity (Wildman–Crippen MR) is 148 cm³/mol. The van der Waals surface area contributed by atoms with Crippen LogP contribution in [0.15, 0.2) is 25.3 Å². The first-order valence-electron chi connectivity index (χ1n) is 14.3. The van der Waals surface area contributed by atoms with Crippen LogP contribution < -0.4 is 0 Å². The number of aliphatic hydroxyl groups is 1. The molecule has 3 saturated heterocycles. The summed E-state index contributed by atoms with van der Waals surface area (Å²) >= 11 is 0. The van der Waals surface area contributed by atoms with E-state index in [-0.39, 0.29) is 42.2 Å². The molecular formula is C30H49N3O5. The first-order chi connectivity index (χ1) is 17.9. The molecule has 8 nitrogen and oxygen atoms in total. The van der Waals surface area contributed by atoms with Crippen molar-refractivity contribution in [1.82, 2.24) is 14.7 Å². The number of nitrogens with zero attached hydrogens (tertiary/aromatic N) is 3. The fourth-order valence-corrected chi connectivity index (χ4v) is 7.31. The molecule has 0 aromatic heterocycles. The first-order valence-corrected chi connectivity index (χ1v) is 14.3. The largest absolute Gasteiger partial charge is 0.394 e. The van der Waals surface area contributed by atoms with E-state index in [4.69, 9.17) is 4.74 Å². The van der Waals surface area contributed by atoms with Crippen molar-refractivity contribution in [3.8, 4) is 0 Å². The zero-order valence-electron chi connectivity index (χ0n) is 24.5. The van der Waals surface area contributed by atoms with Crippen LogP contribution in [-0.4, -0.2) is 93.1 Å². The highest BCUT2D eigenvalue weighted by Gasteiger charge is 2.80. The number of carbonyl (C=O) groups is 3. The second-order valence-electron chi connectivity index (χ2n) is 12.4. The normalized spacial score (nSPS) is 32.6. The number of ether oxygens (including phenoxy) is 1. The summed E-state index contributed by atoms with van der Waals surface area (Å²) in [5.74, 6) is -1.92. The average Bonchev–Trinajstić information content (AvgIpc) is 3.36. The van der Waals surface area contributed by atoms with Gasteiger partial charge in [-0.05, 0) is 51.9 Å². The lowest BCUT2D eigenvalue weighted by atomic mass is 9.62. The summed E-state index contributed by atoms with van der Waals surface area (Å²) in [7, 11) is 0. The number of likely N-dealkylation sites (tertiary alicyclic amines) is 1. The molecule has 3 aliphatic heterocycles. The summed E-state index contributed by atoms with van der Waals surface area (Å²) in [6, 6.07) is -1.59. The van der Waals surface area contributed by atoms with Crippen LogP contribution in [0.1, 0.15) is 67.7 Å². The predicted octanol–water partition coefficient (Wildman–Crippen LogP) is 3.25. The first kappa shape index (κ1) is 30.4. The zero-order chi connectivity index (χ0) is 28.6. The van der Waals surface area contributed by atoms with E-state index in [2.05, 4.69) is 20.1 Å². The number of aliphatic hydroxyl groups excluding tert-OH is 1. The van der Waals surface area contributed by atoms with Gasteiger partial charge in [-0.15, -0.1) is 13.2 Å². The maximum absolute atomic E-state index is 14.5. The van der Waals surface area contributed by atoms with E-state index >= 15 is 0 Å². The standard InChI is InChI=1S/C30H49N3O5/c1-10-13-31(14-11-2)26(35)23-24-27(36)33(22(18-34)16-19(4)5)25(28(37)32(15-12-3)20(6)7)30(24)17-21(8)29(23,9)38-30/h10,12,19-25,34H,1,3,11,13-18H2,2,4-9H3/t21?,22-,23-,24+,25?,29+,30?/m1/s1. The Morgan fingerprint density at radius 1 is 1.18 bits per heavy atom. The van der Waals surface area contributed by atoms with Crippen molar-refractivity contribution in [1.29, 1.82) is 0 Å². The van der Waals surface area contributed by atoms with Crippen molar-refractivity contribution < 1.29 is 24.2 Å². The molecule has 0 aromatic rings. The van der Waals surface area contributed by atoms with Crippen molar-refractivity contribution >= 4 is 17.7 Å². The minimum Gasteiger partial charge on any atom is -0.394 e. The van der Waals surface area contributed by atoms with Crippen LogP contribution in [0.2, 0.25) is 0 Å². The van der Waals surface area contributed by atoms with Crippen LogP contribution in [0.25, 0.3) is 0 Å². The third-order valence-corrected chi connectivity index (χ3v) is 8.99. The maximum atomic E-state index is 14.5. The summed E-state index contributed by atoms with van der Waals surface area (Å²) in [5, 5.41) is 10.5. The summed E-state index contributed by atoms with van der Waals surface area (Å²) in [6.07, 6.45) is 5.22. The highest BCUT2D eigenvalue weighted by atomic mass is 16.5. The van der Waals surface area contributed by atoms with E-state index in [1.54, 1.807) is 26.9 Å². The summed E-state index contributed by atoms with van der Waals surface area (Å²) in [6.45, 7) is 22.6. The number of amides is 3. The van der Waals surface area contributed by atoms with Gasteiger partial charge in [0.15, 0.2) is 0 Å². The Hall–Kier alpha value is -2.19. The molecule has 7 atom stereocenters. The average molecular weight is 532 g/mol. The van der Waals surface area contributed by atoms with Gasteiger partial charge in [0.1, 0.15) is 11.6 Å². The molecular weight excluding hydrogens is 482 g/mol. The minimum atomic E-state index is -1.13. The lowest BCUT2D eigenvalue weighted by molar-refractivity contribution is -0.158. The molecule has 3 aliphatic rings. The number of hydrogen-bond acceptors (Lipinski definition) is 5. The van der Waals surface area contributed by atoms with E-state index in [9.17, 15) is 19.5 Å². The van der Waals surface area contributed by atoms with Gasteiger partial charge in [0, 0.05) is 25.7 Å². The lowest BCUT2D eigenvalue weighted by Crippen LogP contribution is -2.60. The zero-order valence-corrected chi connectivity index (χ0v) is 24.5. The molecule has 0 aromatic carbocycles. The van der Waals surface area contributed by atoms with Crippen LogP contribution in [0.5, 0.6) is 0 Å². The van der Waals surface area contributed by atoms with Crippen molar-refractivity contribution in [3.63, 3.8) is 0 Å². The van der Waals surface area contributed by atoms with Crippen LogP contribution >= 0.6 is 0 Å². The van der Waals surface area contributed by atoms with Gasteiger partial charge in [-0.2, -0.15) is 0 Å². The number of fused-ring (bicyclic) bond motifs is 1. The Morgan fingerprint density at radius 3 is 2.32 bits per heavy atom. The van der Waals surface area contributed by atoms with E-state index in [0.29, 0.717) is 32.5 Å². The van der Waals surface area contributed by atoms with E-state index < -0.39 is 35.1 Å². The molecule has 3 fully saturated rings. The van der Waals surface area contributed by atoms with Gasteiger partial charge in [0.25, 0.3) is 0 Å². The Balaban J connectivity index is 2.20. The molecule has 38 heavy (non-hydrogen) atoms. The number of hydrogen-bond donors (Lipinski definition) is 1. The topological polar surface area (TPSA) is 90.4 Å². The Morgan fingerprint density at radius 2 is 1.82 bits per heavy atom. The van der Waals surface area contributed by atoms with Gasteiger partial charge in [0.2, 0.25) is 17.7 Å². The highest BCUT2D eigenvalue weighted by molar-refractivity contribution is 5.99. The molecule has 3 unspecified atom stereocenters. The molecule has 0 radical (unpaired) electrons. The number of carbonyl (C=O) groups excluding carboxylic acids is 3. The van der Waals surface area contributed by atoms with Gasteiger partial charge in [-0.25, -0.2) is 0 Å². The second-order valence-corrected chi connectivity index (χ2v) is 12.4. The van der Waals surface area contributed by atoms with Crippen molar-refractivity contribution in [2.24, 2.45) is 23.7 Å². The Labute approximate surface area is 229 Å². The SMILES string of the molecule is C=CCN(CCC)C(=O)[C@H]1[C@H]2C(=O)N([C@@H](CO)CC(C)C)C(C(=O)N(CC=C)C(C)C)C23CC(C)[C@]1(C)O3. The van der Waals surface area contributed by atoms with E-state index in [1.165, 1.54) is 0 Å². The van der Waals surface area contributed by atoms with Gasteiger partial charge in [-0.1, -0.05) is 39.8 Å².